The normalized spacial score (nSPS) is 10.8. The van der Waals surface area contributed by atoms with Crippen molar-refractivity contribution in [2.24, 2.45) is 0 Å². The number of nitrogens with zero attached hydrogens (tertiary/aromatic N) is 1. The van der Waals surface area contributed by atoms with Gasteiger partial charge in [-0.3, -0.25) is 4.79 Å². The van der Waals surface area contributed by atoms with Gasteiger partial charge in [0.05, 0.1) is 17.9 Å². The topological polar surface area (TPSA) is 55.0 Å². The number of hydrogen-bond donors (Lipinski definition) is 1. The van der Waals surface area contributed by atoms with Crippen molar-refractivity contribution in [2.75, 3.05) is 6.61 Å². The van der Waals surface area contributed by atoms with E-state index in [0.717, 1.165) is 23.4 Å². The van der Waals surface area contributed by atoms with Crippen LogP contribution in [0.4, 0.5) is 0 Å². The summed E-state index contributed by atoms with van der Waals surface area (Å²) < 4.78 is 5.72. The minimum Gasteiger partial charge on any atom is -0.493 e. The van der Waals surface area contributed by atoms with Crippen molar-refractivity contribution in [1.82, 2.24) is 9.97 Å². The van der Waals surface area contributed by atoms with Crippen LogP contribution in [0.5, 0.6) is 5.75 Å². The molecule has 2 aromatic rings. The molecule has 0 amide bonds. The van der Waals surface area contributed by atoms with Crippen LogP contribution in [-0.2, 0) is 0 Å². The second-order valence-corrected chi connectivity index (χ2v) is 5.02. The lowest BCUT2D eigenvalue weighted by Gasteiger charge is -2.11. The first kappa shape index (κ1) is 14.3. The van der Waals surface area contributed by atoms with Gasteiger partial charge in [0.15, 0.2) is 0 Å². The number of hydrogen-bond acceptors (Lipinski definition) is 3. The van der Waals surface area contributed by atoms with Crippen LogP contribution in [-0.4, -0.2) is 16.6 Å². The predicted molar refractivity (Wildman–Crippen MR) is 80.2 cm³/mol. The van der Waals surface area contributed by atoms with E-state index in [2.05, 4.69) is 16.9 Å². The number of H-pyrrole nitrogens is 1. The van der Waals surface area contributed by atoms with Crippen LogP contribution in [0.2, 0.25) is 0 Å². The van der Waals surface area contributed by atoms with Gasteiger partial charge >= 0.3 is 0 Å². The Morgan fingerprint density at radius 2 is 2.05 bits per heavy atom. The highest BCUT2D eigenvalue weighted by molar-refractivity contribution is 5.63. The molecule has 0 spiro atoms. The first-order valence-electron chi connectivity index (χ1n) is 6.95. The van der Waals surface area contributed by atoms with Crippen LogP contribution in [0, 0.1) is 0 Å². The van der Waals surface area contributed by atoms with E-state index in [4.69, 9.17) is 4.74 Å². The Hall–Kier alpha value is -2.10. The molecule has 0 radical (unpaired) electrons. The predicted octanol–water partition coefficient (Wildman–Crippen LogP) is 3.35. The van der Waals surface area contributed by atoms with Crippen LogP contribution in [0.3, 0.4) is 0 Å². The standard InChI is InChI=1S/C16H20N2O2/c1-4-9-20-14-8-6-5-7-12(14)16-17-13(11(2)3)10-15(19)18-16/h5-8,10-11H,4,9H2,1-3H3,(H,17,18,19). The Bertz CT molecular complexity index is 632. The number of ether oxygens (including phenoxy) is 1. The highest BCUT2D eigenvalue weighted by Gasteiger charge is 2.11. The SMILES string of the molecule is CCCOc1ccccc1-c1nc(C(C)C)cc(=O)[nH]1. The number of aromatic amines is 1. The average Bonchev–Trinajstić information content (AvgIpc) is 2.44. The third-order valence-electron chi connectivity index (χ3n) is 2.96. The molecule has 0 atom stereocenters. The van der Waals surface area contributed by atoms with E-state index in [1.54, 1.807) is 6.07 Å². The van der Waals surface area contributed by atoms with E-state index in [-0.39, 0.29) is 11.5 Å². The Morgan fingerprint density at radius 1 is 1.30 bits per heavy atom. The van der Waals surface area contributed by atoms with Gasteiger partial charge in [-0.05, 0) is 24.5 Å². The maximum atomic E-state index is 11.8. The average molecular weight is 272 g/mol. The molecule has 4 nitrogen and oxygen atoms in total. The molecule has 1 heterocycles. The zero-order valence-electron chi connectivity index (χ0n) is 12.1. The van der Waals surface area contributed by atoms with Crippen LogP contribution in [0.15, 0.2) is 35.1 Å². The van der Waals surface area contributed by atoms with Gasteiger partial charge < -0.3 is 9.72 Å². The number of rotatable bonds is 5. The second kappa shape index (κ2) is 6.37. The van der Waals surface area contributed by atoms with E-state index in [0.29, 0.717) is 12.4 Å². The Morgan fingerprint density at radius 3 is 2.75 bits per heavy atom. The fourth-order valence-corrected chi connectivity index (χ4v) is 1.90. The van der Waals surface area contributed by atoms with Gasteiger partial charge in [0, 0.05) is 6.07 Å². The summed E-state index contributed by atoms with van der Waals surface area (Å²) in [5, 5.41) is 0. The lowest BCUT2D eigenvalue weighted by atomic mass is 10.1. The highest BCUT2D eigenvalue weighted by Crippen LogP contribution is 2.27. The summed E-state index contributed by atoms with van der Waals surface area (Å²) in [6.07, 6.45) is 0.935. The Kier molecular flexibility index (Phi) is 4.56. The molecule has 0 unspecified atom stereocenters. The second-order valence-electron chi connectivity index (χ2n) is 5.02. The van der Waals surface area contributed by atoms with E-state index in [1.807, 2.05) is 38.1 Å². The number of aromatic nitrogens is 2. The molecule has 0 aliphatic carbocycles. The molecule has 0 bridgehead atoms. The fraction of sp³-hybridized carbons (Fsp3) is 0.375. The van der Waals surface area contributed by atoms with Gasteiger partial charge in [-0.2, -0.15) is 0 Å². The fourth-order valence-electron chi connectivity index (χ4n) is 1.90. The van der Waals surface area contributed by atoms with E-state index < -0.39 is 0 Å². The maximum absolute atomic E-state index is 11.8. The molecule has 4 heteroatoms. The van der Waals surface area contributed by atoms with Crippen molar-refractivity contribution in [3.63, 3.8) is 0 Å². The van der Waals surface area contributed by atoms with Gasteiger partial charge in [0.25, 0.3) is 5.56 Å². The minimum absolute atomic E-state index is 0.135. The molecular weight excluding hydrogens is 252 g/mol. The zero-order valence-corrected chi connectivity index (χ0v) is 12.1. The van der Waals surface area contributed by atoms with Crippen molar-refractivity contribution in [3.05, 3.63) is 46.4 Å². The van der Waals surface area contributed by atoms with Gasteiger partial charge in [-0.25, -0.2) is 4.98 Å². The molecule has 1 N–H and O–H groups in total. The van der Waals surface area contributed by atoms with Crippen molar-refractivity contribution in [1.29, 1.82) is 0 Å². The molecule has 0 saturated heterocycles. The summed E-state index contributed by atoms with van der Waals surface area (Å²) >= 11 is 0. The summed E-state index contributed by atoms with van der Waals surface area (Å²) in [6, 6.07) is 9.18. The molecule has 0 saturated carbocycles. The molecule has 106 valence electrons. The van der Waals surface area contributed by atoms with Gasteiger partial charge in [0.2, 0.25) is 0 Å². The van der Waals surface area contributed by atoms with Gasteiger partial charge in [0.1, 0.15) is 11.6 Å². The lowest BCUT2D eigenvalue weighted by Crippen LogP contribution is -2.11. The molecule has 20 heavy (non-hydrogen) atoms. The van der Waals surface area contributed by atoms with E-state index >= 15 is 0 Å². The number of para-hydroxylation sites is 1. The van der Waals surface area contributed by atoms with Crippen molar-refractivity contribution >= 4 is 0 Å². The number of nitrogens with one attached hydrogen (secondary N) is 1. The summed E-state index contributed by atoms with van der Waals surface area (Å²) in [4.78, 5) is 19.1. The van der Waals surface area contributed by atoms with Crippen LogP contribution in [0.1, 0.15) is 38.8 Å². The van der Waals surface area contributed by atoms with Crippen molar-refractivity contribution in [3.8, 4) is 17.1 Å². The lowest BCUT2D eigenvalue weighted by molar-refractivity contribution is 0.318. The van der Waals surface area contributed by atoms with Crippen molar-refractivity contribution in [2.45, 2.75) is 33.1 Å². The smallest absolute Gasteiger partial charge is 0.251 e. The summed E-state index contributed by atoms with van der Waals surface area (Å²) in [5.41, 5.74) is 1.47. The van der Waals surface area contributed by atoms with Gasteiger partial charge in [-0.1, -0.05) is 32.9 Å². The Balaban J connectivity index is 2.48. The molecule has 0 aliphatic heterocycles. The summed E-state index contributed by atoms with van der Waals surface area (Å²) in [7, 11) is 0. The summed E-state index contributed by atoms with van der Waals surface area (Å²) in [6.45, 7) is 6.74. The third-order valence-corrected chi connectivity index (χ3v) is 2.96. The molecule has 1 aromatic heterocycles. The molecule has 0 aliphatic rings. The van der Waals surface area contributed by atoms with Crippen LogP contribution >= 0.6 is 0 Å². The third kappa shape index (κ3) is 3.26. The number of benzene rings is 1. The van der Waals surface area contributed by atoms with Gasteiger partial charge in [-0.15, -0.1) is 0 Å². The summed E-state index contributed by atoms with van der Waals surface area (Å²) in [5.74, 6) is 1.52. The zero-order chi connectivity index (χ0) is 14.5. The monoisotopic (exact) mass is 272 g/mol. The highest BCUT2D eigenvalue weighted by atomic mass is 16.5. The first-order chi connectivity index (χ1) is 9.61. The van der Waals surface area contributed by atoms with Crippen LogP contribution < -0.4 is 10.3 Å². The molecule has 0 fully saturated rings. The maximum Gasteiger partial charge on any atom is 0.251 e. The van der Waals surface area contributed by atoms with Crippen molar-refractivity contribution < 1.29 is 4.74 Å². The van der Waals surface area contributed by atoms with Crippen LogP contribution in [0.25, 0.3) is 11.4 Å². The molecule has 2 rings (SSSR count). The minimum atomic E-state index is -0.135. The largest absolute Gasteiger partial charge is 0.493 e. The Labute approximate surface area is 118 Å². The molecular formula is C16H20N2O2. The molecule has 1 aromatic carbocycles. The van der Waals surface area contributed by atoms with E-state index in [9.17, 15) is 4.79 Å². The first-order valence-corrected chi connectivity index (χ1v) is 6.95. The van der Waals surface area contributed by atoms with E-state index in [1.165, 1.54) is 0 Å². The quantitative estimate of drug-likeness (QED) is 0.908.